The molecule has 0 bridgehead atoms. The molecule has 0 saturated heterocycles. The summed E-state index contributed by atoms with van der Waals surface area (Å²) in [5, 5.41) is 9.85. The van der Waals surface area contributed by atoms with Crippen LogP contribution in [0.2, 0.25) is 0 Å². The Morgan fingerprint density at radius 1 is 1.02 bits per heavy atom. The first kappa shape index (κ1) is 28.8. The van der Waals surface area contributed by atoms with Crippen molar-refractivity contribution in [3.05, 3.63) is 111 Å². The first-order valence-electron chi connectivity index (χ1n) is 12.9. The number of hydrogen-bond donors (Lipinski definition) is 3. The van der Waals surface area contributed by atoms with Gasteiger partial charge < -0.3 is 16.4 Å². The Bertz CT molecular complexity index is 1850. The van der Waals surface area contributed by atoms with E-state index in [2.05, 4.69) is 36.6 Å². The summed E-state index contributed by atoms with van der Waals surface area (Å²) >= 11 is 3.44. The molecule has 0 aliphatic carbocycles. The van der Waals surface area contributed by atoms with Crippen LogP contribution in [0.1, 0.15) is 23.0 Å². The number of pyridine rings is 2. The summed E-state index contributed by atoms with van der Waals surface area (Å²) in [5.74, 6) is -1.70. The van der Waals surface area contributed by atoms with Crippen LogP contribution in [-0.4, -0.2) is 32.3 Å². The second kappa shape index (κ2) is 12.0. The second-order valence-electron chi connectivity index (χ2n) is 9.39. The number of halogens is 3. The highest BCUT2D eigenvalue weighted by Crippen LogP contribution is 2.32. The maximum Gasteiger partial charge on any atom is 0.268 e. The van der Waals surface area contributed by atoms with Crippen LogP contribution >= 0.6 is 15.9 Å². The van der Waals surface area contributed by atoms with Crippen LogP contribution in [0.5, 0.6) is 0 Å². The molecule has 0 fully saturated rings. The first-order valence-corrected chi connectivity index (χ1v) is 13.7. The van der Waals surface area contributed by atoms with Crippen molar-refractivity contribution in [2.75, 3.05) is 18.1 Å². The number of benzene rings is 2. The fourth-order valence-electron chi connectivity index (χ4n) is 4.52. The van der Waals surface area contributed by atoms with E-state index < -0.39 is 23.1 Å². The van der Waals surface area contributed by atoms with Gasteiger partial charge in [-0.25, -0.2) is 13.8 Å². The Morgan fingerprint density at radius 3 is 2.45 bits per heavy atom. The summed E-state index contributed by atoms with van der Waals surface area (Å²) in [4.78, 5) is 31.0. The zero-order valence-corrected chi connectivity index (χ0v) is 24.2. The topological polar surface area (TPSA) is 120 Å². The van der Waals surface area contributed by atoms with Gasteiger partial charge >= 0.3 is 0 Å². The third kappa shape index (κ3) is 5.71. The molecule has 0 unspecified atom stereocenters. The van der Waals surface area contributed by atoms with E-state index in [0.29, 0.717) is 34.5 Å². The largest absolute Gasteiger partial charge is 0.383 e. The smallest absolute Gasteiger partial charge is 0.268 e. The number of nitrogens with zero attached hydrogens (tertiary/aromatic N) is 4. The molecule has 0 atom stereocenters. The van der Waals surface area contributed by atoms with Crippen LogP contribution in [0.15, 0.2) is 82.5 Å². The highest BCUT2D eigenvalue weighted by atomic mass is 79.9. The first-order chi connectivity index (χ1) is 20.2. The molecule has 4 N–H and O–H groups in total. The van der Waals surface area contributed by atoms with Crippen LogP contribution in [0.3, 0.4) is 0 Å². The molecule has 0 saturated carbocycles. The number of nitrogen functional groups attached to an aromatic ring is 1. The number of carbonyl (C=O) groups is 1. The normalized spacial score (nSPS) is 11.1. The van der Waals surface area contributed by atoms with Gasteiger partial charge in [-0.3, -0.25) is 18.8 Å². The third-order valence-electron chi connectivity index (χ3n) is 6.65. The van der Waals surface area contributed by atoms with Crippen LogP contribution in [0, 0.1) is 11.6 Å². The Hall–Kier alpha value is -4.68. The van der Waals surface area contributed by atoms with E-state index >= 15 is 4.39 Å². The summed E-state index contributed by atoms with van der Waals surface area (Å²) in [6.45, 7) is 2.97. The average Bonchev–Trinajstić information content (AvgIpc) is 3.46. The van der Waals surface area contributed by atoms with E-state index in [4.69, 9.17) is 5.73 Å². The van der Waals surface area contributed by atoms with E-state index in [0.717, 1.165) is 17.2 Å². The minimum atomic E-state index is -0.740. The third-order valence-corrected chi connectivity index (χ3v) is 7.34. The Balaban J connectivity index is 1.46. The molecule has 0 radical (unpaired) electrons. The lowest BCUT2D eigenvalue weighted by Gasteiger charge is -2.17. The number of nitrogens with one attached hydrogen (secondary N) is 2. The molecular formula is C30H26BrF2N7O2. The van der Waals surface area contributed by atoms with Gasteiger partial charge in [-0.05, 0) is 84.5 Å². The van der Waals surface area contributed by atoms with Crippen molar-refractivity contribution in [3.63, 3.8) is 0 Å². The number of hydrogen-bond acceptors (Lipinski definition) is 6. The maximum absolute atomic E-state index is 15.4. The number of carbonyl (C=O) groups excluding carboxylic acids is 1. The van der Waals surface area contributed by atoms with Crippen molar-refractivity contribution in [2.45, 2.75) is 20.0 Å². The van der Waals surface area contributed by atoms with Crippen molar-refractivity contribution in [1.82, 2.24) is 24.6 Å². The second-order valence-corrected chi connectivity index (χ2v) is 10.2. The quantitative estimate of drug-likeness (QED) is 0.211. The van der Waals surface area contributed by atoms with E-state index in [-0.39, 0.29) is 22.6 Å². The number of aromatic nitrogens is 4. The molecule has 3 heterocycles. The molecule has 214 valence electrons. The fourth-order valence-corrected chi connectivity index (χ4v) is 5.07. The molecule has 0 aliphatic heterocycles. The monoisotopic (exact) mass is 633 g/mol. The Morgan fingerprint density at radius 2 is 1.79 bits per heavy atom. The molecule has 5 rings (SSSR count). The summed E-state index contributed by atoms with van der Waals surface area (Å²) < 4.78 is 32.5. The Labute approximate surface area is 248 Å². The lowest BCUT2D eigenvalue weighted by molar-refractivity contribution is 0.102. The number of rotatable bonds is 8. The van der Waals surface area contributed by atoms with Gasteiger partial charge in [-0.1, -0.05) is 0 Å². The zero-order chi connectivity index (χ0) is 30.0. The number of amides is 1. The summed E-state index contributed by atoms with van der Waals surface area (Å²) in [6.07, 6.45) is 5.16. The highest BCUT2D eigenvalue weighted by molar-refractivity contribution is 9.10. The van der Waals surface area contributed by atoms with Gasteiger partial charge in [0.15, 0.2) is 0 Å². The molecular weight excluding hydrogens is 608 g/mol. The van der Waals surface area contributed by atoms with Crippen molar-refractivity contribution >= 4 is 33.3 Å². The molecule has 0 aliphatic rings. The minimum Gasteiger partial charge on any atom is -0.383 e. The van der Waals surface area contributed by atoms with E-state index in [1.165, 1.54) is 47.0 Å². The van der Waals surface area contributed by atoms with Gasteiger partial charge in [0.2, 0.25) is 0 Å². The van der Waals surface area contributed by atoms with E-state index in [9.17, 15) is 14.0 Å². The molecule has 3 aromatic heterocycles. The van der Waals surface area contributed by atoms with Gasteiger partial charge in [-0.15, -0.1) is 0 Å². The SMILES string of the molecule is CCn1cc(-c2cnc(N)c(-c3ccc(NC(=O)c4cc(Br)c(CNC)n(-c5ccc(F)cc5)c4=O)cc3F)c2)cn1. The molecule has 2 aromatic carbocycles. The summed E-state index contributed by atoms with van der Waals surface area (Å²) in [7, 11) is 1.71. The van der Waals surface area contributed by atoms with Gasteiger partial charge in [0, 0.05) is 63.6 Å². The Kier molecular flexibility index (Phi) is 8.27. The van der Waals surface area contributed by atoms with Gasteiger partial charge in [-0.2, -0.15) is 5.10 Å². The minimum absolute atomic E-state index is 0.135. The molecule has 9 nitrogen and oxygen atoms in total. The predicted molar refractivity (Wildman–Crippen MR) is 161 cm³/mol. The lowest BCUT2D eigenvalue weighted by Crippen LogP contribution is -2.32. The van der Waals surface area contributed by atoms with Crippen molar-refractivity contribution in [2.24, 2.45) is 0 Å². The van der Waals surface area contributed by atoms with Crippen molar-refractivity contribution in [1.29, 1.82) is 0 Å². The van der Waals surface area contributed by atoms with Crippen LogP contribution < -0.4 is 21.9 Å². The number of nitrogens with two attached hydrogens (primary N) is 1. The van der Waals surface area contributed by atoms with Gasteiger partial charge in [0.25, 0.3) is 11.5 Å². The van der Waals surface area contributed by atoms with E-state index in [1.54, 1.807) is 30.2 Å². The molecule has 5 aromatic rings. The van der Waals surface area contributed by atoms with Crippen LogP contribution in [-0.2, 0) is 13.1 Å². The fraction of sp³-hybridized carbons (Fsp3) is 0.133. The van der Waals surface area contributed by atoms with E-state index in [1.807, 2.05) is 13.1 Å². The average molecular weight is 634 g/mol. The molecule has 1 amide bonds. The molecule has 42 heavy (non-hydrogen) atoms. The van der Waals surface area contributed by atoms with Gasteiger partial charge in [0.1, 0.15) is 23.0 Å². The van der Waals surface area contributed by atoms with Crippen LogP contribution in [0.4, 0.5) is 20.3 Å². The van der Waals surface area contributed by atoms with Crippen molar-refractivity contribution in [3.8, 4) is 27.9 Å². The van der Waals surface area contributed by atoms with Gasteiger partial charge in [0.05, 0.1) is 11.9 Å². The zero-order valence-electron chi connectivity index (χ0n) is 22.7. The lowest BCUT2D eigenvalue weighted by atomic mass is 10.0. The van der Waals surface area contributed by atoms with Crippen LogP contribution in [0.25, 0.3) is 27.9 Å². The number of anilines is 2. The summed E-state index contributed by atoms with van der Waals surface area (Å²) in [5.41, 5.74) is 8.46. The maximum atomic E-state index is 15.4. The molecule has 0 spiro atoms. The molecule has 12 heteroatoms. The standard InChI is InChI=1S/C30H26BrF2N7O2/c1-3-39-16-18(14-37-39)17-10-23(28(34)36-13-17)22-9-6-20(11-26(22)33)38-29(41)24-12-25(31)27(15-35-2)40(30(24)42)21-7-4-19(32)5-8-21/h4-14,16,35H,3,15H2,1-2H3,(H2,34,36)(H,38,41). The van der Waals surface area contributed by atoms with Crippen molar-refractivity contribution < 1.29 is 13.6 Å². The number of aryl methyl sites for hydroxylation is 1. The highest BCUT2D eigenvalue weighted by Gasteiger charge is 2.20. The summed E-state index contributed by atoms with van der Waals surface area (Å²) in [6, 6.07) is 12.6. The predicted octanol–water partition coefficient (Wildman–Crippen LogP) is 5.38.